The third-order valence-electron chi connectivity index (χ3n) is 3.22. The Labute approximate surface area is 132 Å². The molecule has 0 radical (unpaired) electrons. The standard InChI is InChI=1S/C17H13NO5/c19-16(12-4-2-1-3-5-12)18-13(17(20)21)8-11-6-7-14-15(9-11)23-10-22-14/h1-9H,10H2,(H,18,19)(H,20,21)/b13-8+. The zero-order valence-corrected chi connectivity index (χ0v) is 12.0. The number of hydrogen-bond donors (Lipinski definition) is 2. The molecule has 2 aromatic carbocycles. The molecule has 1 aliphatic rings. The van der Waals surface area contributed by atoms with Crippen LogP contribution in [0.3, 0.4) is 0 Å². The van der Waals surface area contributed by atoms with Gasteiger partial charge in [0.2, 0.25) is 6.79 Å². The lowest BCUT2D eigenvalue weighted by atomic mass is 10.1. The van der Waals surface area contributed by atoms with Crippen LogP contribution in [0, 0.1) is 0 Å². The number of carbonyl (C=O) groups excluding carboxylic acids is 1. The van der Waals surface area contributed by atoms with Gasteiger partial charge < -0.3 is 19.9 Å². The predicted octanol–water partition coefficient (Wildman–Crippen LogP) is 2.27. The molecule has 0 unspecified atom stereocenters. The predicted molar refractivity (Wildman–Crippen MR) is 82.1 cm³/mol. The van der Waals surface area contributed by atoms with Gasteiger partial charge in [-0.1, -0.05) is 24.3 Å². The van der Waals surface area contributed by atoms with Gasteiger partial charge in [-0.3, -0.25) is 4.79 Å². The number of aliphatic carboxylic acids is 1. The molecule has 2 aromatic rings. The fourth-order valence-corrected chi connectivity index (χ4v) is 2.10. The smallest absolute Gasteiger partial charge is 0.352 e. The minimum Gasteiger partial charge on any atom is -0.477 e. The average molecular weight is 311 g/mol. The largest absolute Gasteiger partial charge is 0.477 e. The number of ether oxygens (including phenoxy) is 2. The highest BCUT2D eigenvalue weighted by molar-refractivity contribution is 6.02. The number of benzene rings is 2. The fourth-order valence-electron chi connectivity index (χ4n) is 2.10. The van der Waals surface area contributed by atoms with Crippen LogP contribution in [0.25, 0.3) is 6.08 Å². The minimum absolute atomic E-state index is 0.138. The number of amides is 1. The quantitative estimate of drug-likeness (QED) is 0.846. The summed E-state index contributed by atoms with van der Waals surface area (Å²) in [5.41, 5.74) is 0.739. The molecule has 0 bridgehead atoms. The summed E-state index contributed by atoms with van der Waals surface area (Å²) >= 11 is 0. The molecule has 3 rings (SSSR count). The molecule has 0 saturated carbocycles. The van der Waals surface area contributed by atoms with Crippen molar-refractivity contribution in [3.63, 3.8) is 0 Å². The van der Waals surface area contributed by atoms with Crippen LogP contribution in [0.1, 0.15) is 15.9 Å². The van der Waals surface area contributed by atoms with Crippen molar-refractivity contribution in [3.05, 3.63) is 65.4 Å². The van der Waals surface area contributed by atoms with Crippen LogP contribution in [0.2, 0.25) is 0 Å². The highest BCUT2D eigenvalue weighted by Gasteiger charge is 2.16. The SMILES string of the molecule is O=C(O)/C(=C\c1ccc2c(c1)OCO2)NC(=O)c1ccccc1. The number of hydrogen-bond acceptors (Lipinski definition) is 4. The summed E-state index contributed by atoms with van der Waals surface area (Å²) in [5, 5.41) is 11.7. The maximum absolute atomic E-state index is 12.1. The Morgan fingerprint density at radius 1 is 1.04 bits per heavy atom. The topological polar surface area (TPSA) is 84.9 Å². The molecule has 0 spiro atoms. The Kier molecular flexibility index (Phi) is 3.97. The highest BCUT2D eigenvalue weighted by Crippen LogP contribution is 2.33. The number of carboxylic acids is 1. The van der Waals surface area contributed by atoms with E-state index in [2.05, 4.69) is 5.32 Å². The lowest BCUT2D eigenvalue weighted by molar-refractivity contribution is -0.132. The van der Waals surface area contributed by atoms with Crippen LogP contribution in [-0.2, 0) is 4.79 Å². The Morgan fingerprint density at radius 3 is 2.52 bits per heavy atom. The first-order chi connectivity index (χ1) is 11.1. The summed E-state index contributed by atoms with van der Waals surface area (Å²) in [5.74, 6) is -0.572. The van der Waals surface area contributed by atoms with E-state index < -0.39 is 11.9 Å². The number of fused-ring (bicyclic) bond motifs is 1. The van der Waals surface area contributed by atoms with Gasteiger partial charge in [0.05, 0.1) is 0 Å². The van der Waals surface area contributed by atoms with Gasteiger partial charge in [0, 0.05) is 5.56 Å². The van der Waals surface area contributed by atoms with E-state index in [1.807, 2.05) is 0 Å². The van der Waals surface area contributed by atoms with E-state index in [9.17, 15) is 14.7 Å². The van der Waals surface area contributed by atoms with Crippen molar-refractivity contribution in [2.24, 2.45) is 0 Å². The monoisotopic (exact) mass is 311 g/mol. The van der Waals surface area contributed by atoms with Gasteiger partial charge in [0.25, 0.3) is 5.91 Å². The summed E-state index contributed by atoms with van der Waals surface area (Å²) in [6.45, 7) is 0.138. The minimum atomic E-state index is -1.23. The van der Waals surface area contributed by atoms with Crippen molar-refractivity contribution in [2.75, 3.05) is 6.79 Å². The van der Waals surface area contributed by atoms with E-state index in [1.165, 1.54) is 6.08 Å². The first-order valence-electron chi connectivity index (χ1n) is 6.84. The molecule has 1 aliphatic heterocycles. The molecular weight excluding hydrogens is 298 g/mol. The summed E-state index contributed by atoms with van der Waals surface area (Å²) in [4.78, 5) is 23.4. The molecule has 1 amide bonds. The van der Waals surface area contributed by atoms with E-state index in [-0.39, 0.29) is 12.5 Å². The van der Waals surface area contributed by atoms with E-state index in [0.29, 0.717) is 22.6 Å². The first kappa shape index (κ1) is 14.6. The number of carbonyl (C=O) groups is 2. The second kappa shape index (κ2) is 6.23. The Hall–Kier alpha value is -3.28. The Morgan fingerprint density at radius 2 is 1.78 bits per heavy atom. The van der Waals surface area contributed by atoms with E-state index in [0.717, 1.165) is 0 Å². The molecular formula is C17H13NO5. The number of rotatable bonds is 4. The van der Waals surface area contributed by atoms with Crippen LogP contribution in [0.4, 0.5) is 0 Å². The van der Waals surface area contributed by atoms with Crippen molar-refractivity contribution in [1.82, 2.24) is 5.32 Å². The molecule has 2 N–H and O–H groups in total. The molecule has 6 heteroatoms. The van der Waals surface area contributed by atoms with Gasteiger partial charge in [0.15, 0.2) is 11.5 Å². The summed E-state index contributed by atoms with van der Waals surface area (Å²) in [6.07, 6.45) is 1.37. The number of nitrogens with one attached hydrogen (secondary N) is 1. The lowest BCUT2D eigenvalue weighted by Crippen LogP contribution is -2.27. The lowest BCUT2D eigenvalue weighted by Gasteiger charge is -2.06. The van der Waals surface area contributed by atoms with E-state index >= 15 is 0 Å². The molecule has 0 saturated heterocycles. The van der Waals surface area contributed by atoms with Gasteiger partial charge in [-0.05, 0) is 35.9 Å². The van der Waals surface area contributed by atoms with Crippen LogP contribution in [0.15, 0.2) is 54.2 Å². The van der Waals surface area contributed by atoms with Gasteiger partial charge in [0.1, 0.15) is 5.70 Å². The van der Waals surface area contributed by atoms with Crippen LogP contribution in [0.5, 0.6) is 11.5 Å². The maximum Gasteiger partial charge on any atom is 0.352 e. The normalized spacial score (nSPS) is 12.8. The summed E-state index contributed by atoms with van der Waals surface area (Å²) in [7, 11) is 0. The van der Waals surface area contributed by atoms with Gasteiger partial charge >= 0.3 is 5.97 Å². The zero-order chi connectivity index (χ0) is 16.2. The third kappa shape index (κ3) is 3.32. The van der Waals surface area contributed by atoms with Crippen LogP contribution < -0.4 is 14.8 Å². The molecule has 116 valence electrons. The van der Waals surface area contributed by atoms with Gasteiger partial charge in [-0.15, -0.1) is 0 Å². The fraction of sp³-hybridized carbons (Fsp3) is 0.0588. The van der Waals surface area contributed by atoms with Crippen molar-refractivity contribution >= 4 is 18.0 Å². The molecule has 23 heavy (non-hydrogen) atoms. The Balaban J connectivity index is 1.84. The first-order valence-corrected chi connectivity index (χ1v) is 6.84. The molecule has 0 fully saturated rings. The molecule has 0 aromatic heterocycles. The second-order valence-corrected chi connectivity index (χ2v) is 4.80. The van der Waals surface area contributed by atoms with Gasteiger partial charge in [-0.25, -0.2) is 4.79 Å². The summed E-state index contributed by atoms with van der Waals surface area (Å²) < 4.78 is 10.4. The number of carboxylic acid groups (broad SMARTS) is 1. The zero-order valence-electron chi connectivity index (χ0n) is 12.0. The second-order valence-electron chi connectivity index (χ2n) is 4.80. The van der Waals surface area contributed by atoms with Crippen molar-refractivity contribution in [2.45, 2.75) is 0 Å². The molecule has 1 heterocycles. The van der Waals surface area contributed by atoms with Crippen molar-refractivity contribution < 1.29 is 24.2 Å². The van der Waals surface area contributed by atoms with E-state index in [4.69, 9.17) is 9.47 Å². The summed E-state index contributed by atoms with van der Waals surface area (Å²) in [6, 6.07) is 13.4. The molecule has 0 aliphatic carbocycles. The van der Waals surface area contributed by atoms with Crippen LogP contribution >= 0.6 is 0 Å². The van der Waals surface area contributed by atoms with E-state index in [1.54, 1.807) is 48.5 Å². The molecule has 0 atom stereocenters. The van der Waals surface area contributed by atoms with Crippen LogP contribution in [-0.4, -0.2) is 23.8 Å². The third-order valence-corrected chi connectivity index (χ3v) is 3.22. The average Bonchev–Trinajstić information content (AvgIpc) is 3.02. The highest BCUT2D eigenvalue weighted by atomic mass is 16.7. The maximum atomic E-state index is 12.1. The molecule has 6 nitrogen and oxygen atoms in total. The van der Waals surface area contributed by atoms with Crippen molar-refractivity contribution in [3.8, 4) is 11.5 Å². The van der Waals surface area contributed by atoms with Crippen molar-refractivity contribution in [1.29, 1.82) is 0 Å². The Bertz CT molecular complexity index is 783. The van der Waals surface area contributed by atoms with Gasteiger partial charge in [-0.2, -0.15) is 0 Å².